The molecule has 3 aromatic rings. The molecular formula is C23H31N5O. The van der Waals surface area contributed by atoms with Crippen LogP contribution in [0.1, 0.15) is 73.9 Å². The summed E-state index contributed by atoms with van der Waals surface area (Å²) in [5.41, 5.74) is 10.0. The molecule has 0 aliphatic carbocycles. The summed E-state index contributed by atoms with van der Waals surface area (Å²) in [5, 5.41) is 8.50. The van der Waals surface area contributed by atoms with Gasteiger partial charge < -0.3 is 11.1 Å². The molecule has 0 aliphatic rings. The zero-order valence-electron chi connectivity index (χ0n) is 18.2. The van der Waals surface area contributed by atoms with E-state index in [9.17, 15) is 4.79 Å². The molecule has 0 saturated carbocycles. The lowest BCUT2D eigenvalue weighted by atomic mass is 10.0. The molecule has 29 heavy (non-hydrogen) atoms. The second-order valence-corrected chi connectivity index (χ2v) is 8.84. The molecular weight excluding hydrogens is 362 g/mol. The molecule has 0 spiro atoms. The molecule has 0 saturated heterocycles. The van der Waals surface area contributed by atoms with Gasteiger partial charge in [0, 0.05) is 18.3 Å². The second kappa shape index (κ2) is 7.95. The normalized spacial score (nSPS) is 13.1. The fraction of sp³-hybridized carbons (Fsp3) is 0.435. The number of nitrogens with two attached hydrogens (primary N) is 1. The Kier molecular flexibility index (Phi) is 5.75. The number of amides is 1. The van der Waals surface area contributed by atoms with Crippen molar-refractivity contribution in [2.24, 2.45) is 5.73 Å². The monoisotopic (exact) mass is 393 g/mol. The number of benzene rings is 1. The smallest absolute Gasteiger partial charge is 0.252 e. The van der Waals surface area contributed by atoms with Crippen molar-refractivity contribution in [2.75, 3.05) is 6.54 Å². The Morgan fingerprint density at radius 2 is 1.86 bits per heavy atom. The number of nitrogens with zero attached hydrogens (tertiary/aromatic N) is 3. The van der Waals surface area contributed by atoms with Crippen LogP contribution in [-0.2, 0) is 5.54 Å². The number of pyridine rings is 1. The van der Waals surface area contributed by atoms with Crippen LogP contribution in [0.5, 0.6) is 0 Å². The summed E-state index contributed by atoms with van der Waals surface area (Å²) in [6, 6.07) is 11.4. The fourth-order valence-corrected chi connectivity index (χ4v) is 3.37. The molecule has 2 heterocycles. The highest BCUT2D eigenvalue weighted by Gasteiger charge is 2.25. The molecule has 0 fully saturated rings. The first-order valence-electron chi connectivity index (χ1n) is 10.1. The van der Waals surface area contributed by atoms with Gasteiger partial charge in [0.1, 0.15) is 0 Å². The maximum atomic E-state index is 13.1. The van der Waals surface area contributed by atoms with E-state index in [1.54, 1.807) is 0 Å². The van der Waals surface area contributed by atoms with Crippen LogP contribution in [-0.4, -0.2) is 27.2 Å². The number of nitrogens with one attached hydrogen (secondary N) is 1. The third kappa shape index (κ3) is 4.32. The first kappa shape index (κ1) is 21.0. The van der Waals surface area contributed by atoms with Crippen molar-refractivity contribution < 1.29 is 4.79 Å². The minimum absolute atomic E-state index is 0.151. The number of rotatable bonds is 5. The Hall–Kier alpha value is -2.73. The summed E-state index contributed by atoms with van der Waals surface area (Å²) in [4.78, 5) is 18.0. The van der Waals surface area contributed by atoms with Gasteiger partial charge in [0.15, 0.2) is 5.65 Å². The van der Waals surface area contributed by atoms with Gasteiger partial charge in [-0.1, -0.05) is 44.2 Å². The van der Waals surface area contributed by atoms with Crippen LogP contribution >= 0.6 is 0 Å². The molecule has 0 bridgehead atoms. The van der Waals surface area contributed by atoms with Crippen molar-refractivity contribution in [3.05, 3.63) is 58.9 Å². The zero-order valence-corrected chi connectivity index (χ0v) is 18.2. The van der Waals surface area contributed by atoms with Crippen molar-refractivity contribution in [1.82, 2.24) is 20.1 Å². The van der Waals surface area contributed by atoms with E-state index in [-0.39, 0.29) is 23.4 Å². The average Bonchev–Trinajstić information content (AvgIpc) is 3.03. The summed E-state index contributed by atoms with van der Waals surface area (Å²) in [6.45, 7) is 12.7. The van der Waals surface area contributed by atoms with Crippen molar-refractivity contribution in [3.63, 3.8) is 0 Å². The van der Waals surface area contributed by atoms with Gasteiger partial charge in [-0.3, -0.25) is 4.79 Å². The summed E-state index contributed by atoms with van der Waals surface area (Å²) in [6.07, 6.45) is 0. The lowest BCUT2D eigenvalue weighted by Crippen LogP contribution is -2.32. The lowest BCUT2D eigenvalue weighted by molar-refractivity contribution is 0.0952. The fourth-order valence-electron chi connectivity index (χ4n) is 3.37. The molecule has 6 heteroatoms. The number of carbonyl (C=O) groups is 1. The van der Waals surface area contributed by atoms with Gasteiger partial charge in [-0.05, 0) is 45.2 Å². The zero-order chi connectivity index (χ0) is 21.3. The minimum Gasteiger partial charge on any atom is -0.350 e. The van der Waals surface area contributed by atoms with Crippen LogP contribution in [0.4, 0.5) is 0 Å². The molecule has 6 nitrogen and oxygen atoms in total. The minimum atomic E-state index is -0.263. The third-order valence-corrected chi connectivity index (χ3v) is 5.01. The quantitative estimate of drug-likeness (QED) is 0.685. The van der Waals surface area contributed by atoms with Gasteiger partial charge in [0.2, 0.25) is 0 Å². The van der Waals surface area contributed by atoms with Crippen molar-refractivity contribution >= 4 is 16.9 Å². The van der Waals surface area contributed by atoms with Gasteiger partial charge in [0.05, 0.1) is 22.2 Å². The Balaban J connectivity index is 1.99. The molecule has 1 aromatic carbocycles. The number of aromatic nitrogens is 3. The summed E-state index contributed by atoms with van der Waals surface area (Å²) in [5.74, 6) is 0.0448. The van der Waals surface area contributed by atoms with E-state index in [2.05, 4.69) is 39.9 Å². The molecule has 1 amide bonds. The van der Waals surface area contributed by atoms with Crippen molar-refractivity contribution in [2.45, 2.75) is 59.0 Å². The van der Waals surface area contributed by atoms with E-state index < -0.39 is 0 Å². The summed E-state index contributed by atoms with van der Waals surface area (Å²) >= 11 is 0. The highest BCUT2D eigenvalue weighted by atomic mass is 16.1. The van der Waals surface area contributed by atoms with Gasteiger partial charge >= 0.3 is 0 Å². The molecule has 0 radical (unpaired) electrons. The molecule has 2 aromatic heterocycles. The summed E-state index contributed by atoms with van der Waals surface area (Å²) in [7, 11) is 0. The van der Waals surface area contributed by atoms with Gasteiger partial charge in [-0.25, -0.2) is 9.67 Å². The van der Waals surface area contributed by atoms with Gasteiger partial charge in [-0.15, -0.1) is 0 Å². The number of fused-ring (bicyclic) bond motifs is 1. The van der Waals surface area contributed by atoms with Crippen molar-refractivity contribution in [3.8, 4) is 0 Å². The molecule has 3 N–H and O–H groups in total. The summed E-state index contributed by atoms with van der Waals surface area (Å²) < 4.78 is 1.91. The molecule has 1 unspecified atom stereocenters. The molecule has 3 rings (SSSR count). The largest absolute Gasteiger partial charge is 0.350 e. The number of aryl methyl sites for hydroxylation is 1. The maximum absolute atomic E-state index is 13.1. The lowest BCUT2D eigenvalue weighted by Gasteiger charge is -2.20. The second-order valence-electron chi connectivity index (χ2n) is 8.84. The molecule has 0 aliphatic heterocycles. The first-order chi connectivity index (χ1) is 13.6. The molecule has 154 valence electrons. The van der Waals surface area contributed by atoms with Crippen LogP contribution < -0.4 is 11.1 Å². The standard InChI is InChI=1S/C23H31N5O/c1-14(2)19-12-17(20-15(3)27-28(21(20)26-19)23(4,5)6)22(29)25-13-18(24)16-10-8-7-9-11-16/h7-12,14,18H,13,24H2,1-6H3,(H,25,29). The number of carbonyl (C=O) groups excluding carboxylic acids is 1. The highest BCUT2D eigenvalue weighted by Crippen LogP contribution is 2.29. The van der Waals surface area contributed by atoms with E-state index in [4.69, 9.17) is 15.8 Å². The Labute approximate surface area is 172 Å². The van der Waals surface area contributed by atoms with E-state index >= 15 is 0 Å². The predicted octanol–water partition coefficient (Wildman–Crippen LogP) is 4.05. The SMILES string of the molecule is Cc1nn(C(C)(C)C)c2nc(C(C)C)cc(C(=O)NCC(N)c3ccccc3)c12. The average molecular weight is 394 g/mol. The van der Waals surface area contributed by atoms with Gasteiger partial charge in [-0.2, -0.15) is 5.10 Å². The Morgan fingerprint density at radius 1 is 1.21 bits per heavy atom. The van der Waals surface area contributed by atoms with Crippen LogP contribution in [0.3, 0.4) is 0 Å². The van der Waals surface area contributed by atoms with E-state index in [0.29, 0.717) is 12.1 Å². The van der Waals surface area contributed by atoms with Crippen LogP contribution in [0.25, 0.3) is 11.0 Å². The Bertz CT molecular complexity index is 1020. The van der Waals surface area contributed by atoms with E-state index in [1.165, 1.54) is 0 Å². The highest BCUT2D eigenvalue weighted by molar-refractivity contribution is 6.06. The predicted molar refractivity (Wildman–Crippen MR) is 117 cm³/mol. The first-order valence-corrected chi connectivity index (χ1v) is 10.1. The van der Waals surface area contributed by atoms with Gasteiger partial charge in [0.25, 0.3) is 5.91 Å². The van der Waals surface area contributed by atoms with Crippen LogP contribution in [0.15, 0.2) is 36.4 Å². The van der Waals surface area contributed by atoms with Crippen LogP contribution in [0, 0.1) is 6.92 Å². The molecule has 1 atom stereocenters. The van der Waals surface area contributed by atoms with Crippen LogP contribution in [0.2, 0.25) is 0 Å². The third-order valence-electron chi connectivity index (χ3n) is 5.01. The van der Waals surface area contributed by atoms with E-state index in [1.807, 2.05) is 48.0 Å². The number of hydrogen-bond donors (Lipinski definition) is 2. The van der Waals surface area contributed by atoms with E-state index in [0.717, 1.165) is 28.0 Å². The topological polar surface area (TPSA) is 85.8 Å². The number of hydrogen-bond acceptors (Lipinski definition) is 4. The Morgan fingerprint density at radius 3 is 2.45 bits per heavy atom. The van der Waals surface area contributed by atoms with Crippen molar-refractivity contribution in [1.29, 1.82) is 0 Å². The maximum Gasteiger partial charge on any atom is 0.252 e.